The molecule has 1 unspecified atom stereocenters. The molecule has 0 bridgehead atoms. The van der Waals surface area contributed by atoms with Gasteiger partial charge in [0.05, 0.1) is 6.04 Å². The molecule has 0 saturated carbocycles. The highest BCUT2D eigenvalue weighted by Crippen LogP contribution is 2.24. The summed E-state index contributed by atoms with van der Waals surface area (Å²) in [7, 11) is 0. The standard InChI is InChI=1S/C22H26N2O/c1-18-9-11-19(12-10-18)13-14-22(25)23-17-21(24-15-5-6-16-24)20-7-3-2-4-8-20/h2-4,7-14,21H,5-6,15-17H2,1H3,(H,23,25)/b14-13+. The number of carbonyl (C=O) groups is 1. The molecule has 1 aliphatic heterocycles. The van der Waals surface area contributed by atoms with Crippen molar-refractivity contribution in [3.63, 3.8) is 0 Å². The van der Waals surface area contributed by atoms with Gasteiger partial charge in [-0.25, -0.2) is 0 Å². The van der Waals surface area contributed by atoms with Crippen LogP contribution in [0.2, 0.25) is 0 Å². The van der Waals surface area contributed by atoms with Crippen LogP contribution in [0.15, 0.2) is 60.7 Å². The average molecular weight is 334 g/mol. The highest BCUT2D eigenvalue weighted by atomic mass is 16.1. The van der Waals surface area contributed by atoms with Gasteiger partial charge in [0.1, 0.15) is 0 Å². The van der Waals surface area contributed by atoms with E-state index in [4.69, 9.17) is 0 Å². The molecule has 1 N–H and O–H groups in total. The van der Waals surface area contributed by atoms with Crippen LogP contribution < -0.4 is 5.32 Å². The molecule has 1 fully saturated rings. The molecule has 25 heavy (non-hydrogen) atoms. The average Bonchev–Trinajstić information content (AvgIpc) is 3.17. The minimum absolute atomic E-state index is 0.0410. The molecule has 0 aromatic heterocycles. The van der Waals surface area contributed by atoms with E-state index in [0.29, 0.717) is 6.54 Å². The van der Waals surface area contributed by atoms with Crippen LogP contribution in [0, 0.1) is 6.92 Å². The molecular formula is C22H26N2O. The number of nitrogens with zero attached hydrogens (tertiary/aromatic N) is 1. The lowest BCUT2D eigenvalue weighted by molar-refractivity contribution is -0.116. The van der Waals surface area contributed by atoms with Crippen molar-refractivity contribution in [3.05, 3.63) is 77.4 Å². The van der Waals surface area contributed by atoms with Gasteiger partial charge in [-0.1, -0.05) is 60.2 Å². The van der Waals surface area contributed by atoms with E-state index in [0.717, 1.165) is 18.7 Å². The summed E-state index contributed by atoms with van der Waals surface area (Å²) in [5, 5.41) is 3.07. The first-order valence-electron chi connectivity index (χ1n) is 9.04. The summed E-state index contributed by atoms with van der Waals surface area (Å²) >= 11 is 0. The van der Waals surface area contributed by atoms with Gasteiger partial charge in [-0.3, -0.25) is 9.69 Å². The summed E-state index contributed by atoms with van der Waals surface area (Å²) < 4.78 is 0. The van der Waals surface area contributed by atoms with Crippen molar-refractivity contribution in [1.82, 2.24) is 10.2 Å². The molecule has 2 aromatic carbocycles. The molecule has 3 nitrogen and oxygen atoms in total. The SMILES string of the molecule is Cc1ccc(/C=C/C(=O)NCC(c2ccccc2)N2CCCC2)cc1. The van der Waals surface area contributed by atoms with E-state index < -0.39 is 0 Å². The Kier molecular flexibility index (Phi) is 6.02. The van der Waals surface area contributed by atoms with Crippen LogP contribution in [0.25, 0.3) is 6.08 Å². The van der Waals surface area contributed by atoms with Crippen LogP contribution in [0.1, 0.15) is 35.6 Å². The Balaban J connectivity index is 1.60. The van der Waals surface area contributed by atoms with Crippen molar-refractivity contribution in [2.75, 3.05) is 19.6 Å². The lowest BCUT2D eigenvalue weighted by Crippen LogP contribution is -2.36. The van der Waals surface area contributed by atoms with E-state index in [2.05, 4.69) is 53.5 Å². The fraction of sp³-hybridized carbons (Fsp3) is 0.318. The van der Waals surface area contributed by atoms with E-state index in [-0.39, 0.29) is 11.9 Å². The molecule has 3 rings (SSSR count). The lowest BCUT2D eigenvalue weighted by Gasteiger charge is -2.28. The largest absolute Gasteiger partial charge is 0.351 e. The number of aryl methyl sites for hydroxylation is 1. The second-order valence-corrected chi connectivity index (χ2v) is 6.66. The minimum Gasteiger partial charge on any atom is -0.351 e. The summed E-state index contributed by atoms with van der Waals surface area (Å²) in [5.41, 5.74) is 3.53. The van der Waals surface area contributed by atoms with Gasteiger partial charge in [0, 0.05) is 12.6 Å². The molecule has 1 aliphatic rings. The van der Waals surface area contributed by atoms with E-state index in [1.54, 1.807) is 6.08 Å². The predicted octanol–water partition coefficient (Wildman–Crippen LogP) is 3.96. The van der Waals surface area contributed by atoms with Gasteiger partial charge in [-0.2, -0.15) is 0 Å². The highest BCUT2D eigenvalue weighted by molar-refractivity contribution is 5.91. The van der Waals surface area contributed by atoms with Crippen molar-refractivity contribution in [2.45, 2.75) is 25.8 Å². The van der Waals surface area contributed by atoms with Gasteiger partial charge < -0.3 is 5.32 Å². The van der Waals surface area contributed by atoms with Gasteiger partial charge in [0.15, 0.2) is 0 Å². The lowest BCUT2D eigenvalue weighted by atomic mass is 10.1. The summed E-state index contributed by atoms with van der Waals surface area (Å²) in [5.74, 6) is -0.0410. The number of benzene rings is 2. The van der Waals surface area contributed by atoms with Crippen molar-refractivity contribution in [2.24, 2.45) is 0 Å². The fourth-order valence-electron chi connectivity index (χ4n) is 3.29. The fourth-order valence-corrected chi connectivity index (χ4v) is 3.29. The van der Waals surface area contributed by atoms with Gasteiger partial charge in [0.2, 0.25) is 5.91 Å². The predicted molar refractivity (Wildman–Crippen MR) is 103 cm³/mol. The van der Waals surface area contributed by atoms with Crippen molar-refractivity contribution in [1.29, 1.82) is 0 Å². The van der Waals surface area contributed by atoms with E-state index >= 15 is 0 Å². The summed E-state index contributed by atoms with van der Waals surface area (Å²) in [6, 6.07) is 18.9. The number of carbonyl (C=O) groups excluding carboxylic acids is 1. The van der Waals surface area contributed by atoms with E-state index in [9.17, 15) is 4.79 Å². The molecule has 130 valence electrons. The third-order valence-corrected chi connectivity index (χ3v) is 4.74. The molecule has 1 atom stereocenters. The quantitative estimate of drug-likeness (QED) is 0.811. The van der Waals surface area contributed by atoms with Crippen LogP contribution in [0.3, 0.4) is 0 Å². The first kappa shape index (κ1) is 17.4. The smallest absolute Gasteiger partial charge is 0.244 e. The first-order chi connectivity index (χ1) is 12.2. The Morgan fingerprint density at radius 2 is 1.76 bits per heavy atom. The zero-order chi connectivity index (χ0) is 17.5. The summed E-state index contributed by atoms with van der Waals surface area (Å²) in [6.07, 6.45) is 5.97. The number of hydrogen-bond donors (Lipinski definition) is 1. The Labute approximate surface area is 150 Å². The normalized spacial score (nSPS) is 16.2. The van der Waals surface area contributed by atoms with E-state index in [1.165, 1.54) is 24.0 Å². The van der Waals surface area contributed by atoms with Crippen LogP contribution in [-0.2, 0) is 4.79 Å². The number of nitrogens with one attached hydrogen (secondary N) is 1. The third-order valence-electron chi connectivity index (χ3n) is 4.74. The van der Waals surface area contributed by atoms with Gasteiger partial charge in [-0.15, -0.1) is 0 Å². The molecule has 0 radical (unpaired) electrons. The molecule has 3 heteroatoms. The molecular weight excluding hydrogens is 308 g/mol. The van der Waals surface area contributed by atoms with Crippen LogP contribution in [0.5, 0.6) is 0 Å². The molecule has 0 spiro atoms. The second-order valence-electron chi connectivity index (χ2n) is 6.66. The van der Waals surface area contributed by atoms with Crippen molar-refractivity contribution < 1.29 is 4.79 Å². The van der Waals surface area contributed by atoms with Crippen LogP contribution >= 0.6 is 0 Å². The molecule has 1 heterocycles. The number of likely N-dealkylation sites (tertiary alicyclic amines) is 1. The Morgan fingerprint density at radius 1 is 1.08 bits per heavy atom. The van der Waals surface area contributed by atoms with Gasteiger partial charge in [0.25, 0.3) is 0 Å². The number of amides is 1. The van der Waals surface area contributed by atoms with Gasteiger partial charge in [-0.05, 0) is 50.1 Å². The molecule has 2 aromatic rings. The van der Waals surface area contributed by atoms with Crippen molar-refractivity contribution in [3.8, 4) is 0 Å². The molecule has 1 saturated heterocycles. The molecule has 0 aliphatic carbocycles. The zero-order valence-electron chi connectivity index (χ0n) is 14.8. The highest BCUT2D eigenvalue weighted by Gasteiger charge is 2.23. The summed E-state index contributed by atoms with van der Waals surface area (Å²) in [4.78, 5) is 14.7. The molecule has 1 amide bonds. The Hall–Kier alpha value is -2.39. The number of hydrogen-bond acceptors (Lipinski definition) is 2. The zero-order valence-corrected chi connectivity index (χ0v) is 14.8. The van der Waals surface area contributed by atoms with Gasteiger partial charge >= 0.3 is 0 Å². The summed E-state index contributed by atoms with van der Waals surface area (Å²) in [6.45, 7) is 4.91. The maximum Gasteiger partial charge on any atom is 0.244 e. The number of rotatable bonds is 6. The Morgan fingerprint density at radius 3 is 2.44 bits per heavy atom. The Bertz CT molecular complexity index is 701. The van der Waals surface area contributed by atoms with Crippen molar-refractivity contribution >= 4 is 12.0 Å². The first-order valence-corrected chi connectivity index (χ1v) is 9.04. The van der Waals surface area contributed by atoms with E-state index in [1.807, 2.05) is 24.3 Å². The monoisotopic (exact) mass is 334 g/mol. The minimum atomic E-state index is -0.0410. The topological polar surface area (TPSA) is 32.3 Å². The second kappa shape index (κ2) is 8.63. The maximum atomic E-state index is 12.2. The third kappa shape index (κ3) is 5.04. The maximum absolute atomic E-state index is 12.2. The van der Waals surface area contributed by atoms with Crippen LogP contribution in [0.4, 0.5) is 0 Å². The van der Waals surface area contributed by atoms with Crippen LogP contribution in [-0.4, -0.2) is 30.4 Å².